The van der Waals surface area contributed by atoms with E-state index in [0.29, 0.717) is 39.4 Å². The molecular weight excluding hydrogens is 542 g/mol. The van der Waals surface area contributed by atoms with E-state index in [9.17, 15) is 10.1 Å². The van der Waals surface area contributed by atoms with E-state index in [-0.39, 0.29) is 30.3 Å². The lowest BCUT2D eigenvalue weighted by Crippen LogP contribution is -2.28. The molecule has 9 nitrogen and oxygen atoms in total. The van der Waals surface area contributed by atoms with Gasteiger partial charge in [0.05, 0.1) is 23.9 Å². The summed E-state index contributed by atoms with van der Waals surface area (Å²) in [6.45, 7) is 5.65. The molecule has 0 radical (unpaired) electrons. The second kappa shape index (κ2) is 12.6. The number of furan rings is 1. The highest BCUT2D eigenvalue weighted by molar-refractivity contribution is 5.96. The molecule has 214 valence electrons. The summed E-state index contributed by atoms with van der Waals surface area (Å²) in [5.74, 6) is 0.891. The van der Waals surface area contributed by atoms with Crippen LogP contribution in [-0.4, -0.2) is 61.2 Å². The van der Waals surface area contributed by atoms with Gasteiger partial charge in [-0.1, -0.05) is 19.9 Å². The lowest BCUT2D eigenvalue weighted by atomic mass is 9.92. The number of fused-ring (bicyclic) bond motifs is 1. The monoisotopic (exact) mass is 575 g/mol. The number of nitrogens with zero attached hydrogens (tertiary/aromatic N) is 4. The number of nitrogens with one attached hydrogen (secondary N) is 1. The molecule has 4 aromatic rings. The molecule has 0 aliphatic carbocycles. The lowest BCUT2D eigenvalue weighted by Gasteiger charge is -2.25. The van der Waals surface area contributed by atoms with Crippen molar-refractivity contribution in [3.05, 3.63) is 59.4 Å². The highest BCUT2D eigenvalue weighted by atomic mass is 35.5. The van der Waals surface area contributed by atoms with Crippen LogP contribution in [0.2, 0.25) is 0 Å². The van der Waals surface area contributed by atoms with Gasteiger partial charge in [0.2, 0.25) is 0 Å². The number of halogens is 1. The predicted octanol–water partition coefficient (Wildman–Crippen LogP) is 6.27. The average Bonchev–Trinajstić information content (AvgIpc) is 3.40. The number of carbonyl (C=O) groups excluding carboxylic acids is 1. The molecule has 41 heavy (non-hydrogen) atoms. The molecule has 0 spiro atoms. The van der Waals surface area contributed by atoms with Crippen molar-refractivity contribution < 1.29 is 18.7 Å². The molecule has 4 heterocycles. The smallest absolute Gasteiger partial charge is 0.255 e. The molecule has 0 bridgehead atoms. The molecule has 5 rings (SSSR count). The minimum Gasteiger partial charge on any atom is -0.494 e. The van der Waals surface area contributed by atoms with Gasteiger partial charge < -0.3 is 24.1 Å². The topological polar surface area (TPSA) is 114 Å². The highest BCUT2D eigenvalue weighted by Gasteiger charge is 2.23. The van der Waals surface area contributed by atoms with Crippen LogP contribution in [0, 0.1) is 11.3 Å². The number of aromatic nitrogens is 2. The van der Waals surface area contributed by atoms with Crippen LogP contribution in [0.25, 0.3) is 33.7 Å². The number of methoxy groups -OCH3 is 1. The zero-order chi connectivity index (χ0) is 28.4. The number of carbonyl (C=O) groups is 1. The third-order valence-electron chi connectivity index (χ3n) is 7.16. The Bertz CT molecular complexity index is 1600. The van der Waals surface area contributed by atoms with Crippen molar-refractivity contribution in [1.82, 2.24) is 14.9 Å². The Kier molecular flexibility index (Phi) is 9.16. The summed E-state index contributed by atoms with van der Waals surface area (Å²) in [6, 6.07) is 12.0. The zero-order valence-corrected chi connectivity index (χ0v) is 24.7. The molecule has 1 saturated heterocycles. The molecule has 1 aromatic carbocycles. The molecule has 1 N–H and O–H groups in total. The van der Waals surface area contributed by atoms with Crippen LogP contribution in [0.3, 0.4) is 0 Å². The van der Waals surface area contributed by atoms with Crippen LogP contribution < -0.4 is 10.1 Å². The van der Waals surface area contributed by atoms with E-state index < -0.39 is 0 Å². The maximum absolute atomic E-state index is 12.5. The number of hydrogen-bond donors (Lipinski definition) is 1. The Labute approximate surface area is 245 Å². The minimum absolute atomic E-state index is 0. The van der Waals surface area contributed by atoms with E-state index in [4.69, 9.17) is 13.9 Å². The second-order valence-corrected chi connectivity index (χ2v) is 10.4. The van der Waals surface area contributed by atoms with E-state index in [0.717, 1.165) is 48.4 Å². The van der Waals surface area contributed by atoms with Gasteiger partial charge >= 0.3 is 0 Å². The Morgan fingerprint density at radius 3 is 2.56 bits per heavy atom. The number of rotatable bonds is 7. The fourth-order valence-corrected chi connectivity index (χ4v) is 4.98. The quantitative estimate of drug-likeness (QED) is 0.274. The first-order valence-corrected chi connectivity index (χ1v) is 13.4. The highest BCUT2D eigenvalue weighted by Crippen LogP contribution is 2.40. The van der Waals surface area contributed by atoms with E-state index in [1.165, 1.54) is 18.2 Å². The summed E-state index contributed by atoms with van der Waals surface area (Å²) >= 11 is 0. The van der Waals surface area contributed by atoms with Gasteiger partial charge in [0, 0.05) is 57.4 Å². The van der Waals surface area contributed by atoms with Crippen LogP contribution >= 0.6 is 12.4 Å². The summed E-state index contributed by atoms with van der Waals surface area (Å²) in [5, 5.41) is 13.5. The van der Waals surface area contributed by atoms with Crippen LogP contribution in [0.1, 0.15) is 54.1 Å². The first kappa shape index (κ1) is 29.8. The van der Waals surface area contributed by atoms with Crippen molar-refractivity contribution in [2.24, 2.45) is 0 Å². The van der Waals surface area contributed by atoms with Crippen molar-refractivity contribution in [2.45, 2.75) is 38.6 Å². The Hall–Kier alpha value is -4.13. The average molecular weight is 576 g/mol. The zero-order valence-electron chi connectivity index (χ0n) is 23.9. The van der Waals surface area contributed by atoms with Gasteiger partial charge in [0.25, 0.3) is 5.91 Å². The molecule has 1 aliphatic heterocycles. The fourth-order valence-electron chi connectivity index (χ4n) is 4.98. The summed E-state index contributed by atoms with van der Waals surface area (Å²) < 4.78 is 17.5. The fraction of sp³-hybridized carbons (Fsp3) is 0.355. The van der Waals surface area contributed by atoms with Gasteiger partial charge in [-0.15, -0.1) is 12.4 Å². The van der Waals surface area contributed by atoms with E-state index in [1.54, 1.807) is 20.2 Å². The first-order chi connectivity index (χ1) is 19.3. The molecule has 0 atom stereocenters. The third kappa shape index (κ3) is 5.99. The molecule has 1 aliphatic rings. The first-order valence-electron chi connectivity index (χ1n) is 13.4. The number of amides is 1. The standard InChI is InChI=1S/C31H33N5O4.ClH/c1-18(2)23-17-33-25-14-27(29-26(38-5)13-21(16-34-29)31(37)36(3)4)40-30(25)28(23)19-6-7-24(20(12-19)15-32)35-22-8-10-39-11-9-22;/h6-7,12-14,16-18,22,35H,8-11H2,1-5H3;1H. The van der Waals surface area contributed by atoms with Gasteiger partial charge in [-0.2, -0.15) is 5.26 Å². The third-order valence-corrected chi connectivity index (χ3v) is 7.16. The lowest BCUT2D eigenvalue weighted by molar-refractivity contribution is 0.0826. The van der Waals surface area contributed by atoms with Gasteiger partial charge in [-0.3, -0.25) is 9.78 Å². The molecule has 1 fully saturated rings. The number of nitriles is 1. The van der Waals surface area contributed by atoms with Crippen LogP contribution in [0.4, 0.5) is 5.69 Å². The van der Waals surface area contributed by atoms with E-state index >= 15 is 0 Å². The van der Waals surface area contributed by atoms with Gasteiger partial charge in [0.15, 0.2) is 11.3 Å². The van der Waals surface area contributed by atoms with Gasteiger partial charge in [-0.05, 0) is 48.1 Å². The van der Waals surface area contributed by atoms with Gasteiger partial charge in [-0.25, -0.2) is 4.98 Å². The summed E-state index contributed by atoms with van der Waals surface area (Å²) in [6.07, 6.45) is 5.20. The Balaban J connectivity index is 0.00000387. The largest absolute Gasteiger partial charge is 0.494 e. The summed E-state index contributed by atoms with van der Waals surface area (Å²) in [4.78, 5) is 23.1. The normalized spacial score (nSPS) is 13.5. The maximum atomic E-state index is 12.5. The number of anilines is 1. The van der Waals surface area contributed by atoms with Crippen LogP contribution in [0.5, 0.6) is 5.75 Å². The molecular formula is C31H34ClN5O4. The molecule has 0 saturated carbocycles. The van der Waals surface area contributed by atoms with Crippen molar-refractivity contribution >= 4 is 35.1 Å². The second-order valence-electron chi connectivity index (χ2n) is 10.4. The van der Waals surface area contributed by atoms with Crippen molar-refractivity contribution in [3.8, 4) is 34.4 Å². The minimum atomic E-state index is -0.171. The van der Waals surface area contributed by atoms with Crippen molar-refractivity contribution in [3.63, 3.8) is 0 Å². The number of benzene rings is 1. The van der Waals surface area contributed by atoms with Crippen LogP contribution in [0.15, 0.2) is 47.1 Å². The molecule has 1 amide bonds. The van der Waals surface area contributed by atoms with Gasteiger partial charge in [0.1, 0.15) is 23.0 Å². The van der Waals surface area contributed by atoms with Crippen molar-refractivity contribution in [2.75, 3.05) is 39.7 Å². The number of ether oxygens (including phenoxy) is 2. The number of pyridine rings is 2. The number of hydrogen-bond acceptors (Lipinski definition) is 8. The SMILES string of the molecule is COc1cc(C(=O)N(C)C)cnc1-c1cc2ncc(C(C)C)c(-c3ccc(NC4CCOCC4)c(C#N)c3)c2o1.Cl. The van der Waals surface area contributed by atoms with Crippen LogP contribution in [-0.2, 0) is 4.74 Å². The Morgan fingerprint density at radius 1 is 1.15 bits per heavy atom. The van der Waals surface area contributed by atoms with E-state index in [2.05, 4.69) is 35.2 Å². The Morgan fingerprint density at radius 2 is 1.90 bits per heavy atom. The molecule has 0 unspecified atom stereocenters. The summed E-state index contributed by atoms with van der Waals surface area (Å²) in [5.41, 5.74) is 6.31. The molecule has 10 heteroatoms. The maximum Gasteiger partial charge on any atom is 0.255 e. The van der Waals surface area contributed by atoms with Crippen molar-refractivity contribution in [1.29, 1.82) is 5.26 Å². The summed E-state index contributed by atoms with van der Waals surface area (Å²) in [7, 11) is 4.91. The molecule has 3 aromatic heterocycles. The predicted molar refractivity (Wildman–Crippen MR) is 161 cm³/mol. The van der Waals surface area contributed by atoms with E-state index in [1.807, 2.05) is 30.5 Å².